The molecule has 2 aliphatic heterocycles. The fourth-order valence-corrected chi connectivity index (χ4v) is 5.06. The van der Waals surface area contributed by atoms with Crippen LogP contribution in [0.1, 0.15) is 41.2 Å². The minimum Gasteiger partial charge on any atom is -0.337 e. The Morgan fingerprint density at radius 1 is 1.07 bits per heavy atom. The van der Waals surface area contributed by atoms with E-state index in [0.717, 1.165) is 38.1 Å². The number of likely N-dealkylation sites (tertiary alicyclic amines) is 2. The number of pyridine rings is 1. The van der Waals surface area contributed by atoms with Gasteiger partial charge in [0.2, 0.25) is 0 Å². The number of carbonyl (C=O) groups excluding carboxylic acids is 1. The summed E-state index contributed by atoms with van der Waals surface area (Å²) in [6.45, 7) is 2.71. The van der Waals surface area contributed by atoms with Crippen molar-refractivity contribution in [3.8, 4) is 0 Å². The van der Waals surface area contributed by atoms with Crippen molar-refractivity contribution in [2.24, 2.45) is 0 Å². The van der Waals surface area contributed by atoms with Gasteiger partial charge in [-0.3, -0.25) is 9.69 Å². The Balaban J connectivity index is 1.28. The average molecular weight is 374 g/mol. The Hall–Kier alpha value is -2.66. The number of nitrogens with zero attached hydrogens (tertiary/aromatic N) is 4. The van der Waals surface area contributed by atoms with Gasteiger partial charge in [-0.25, -0.2) is 4.98 Å². The van der Waals surface area contributed by atoms with E-state index in [1.54, 1.807) is 0 Å². The second kappa shape index (κ2) is 6.74. The first-order chi connectivity index (χ1) is 13.6. The van der Waals surface area contributed by atoms with E-state index >= 15 is 0 Å². The molecular weight excluding hydrogens is 348 g/mol. The van der Waals surface area contributed by atoms with Gasteiger partial charge in [-0.15, -0.1) is 0 Å². The Morgan fingerprint density at radius 2 is 1.82 bits per heavy atom. The predicted octanol–water partition coefficient (Wildman–Crippen LogP) is 3.43. The van der Waals surface area contributed by atoms with Crippen LogP contribution >= 0.6 is 0 Å². The lowest BCUT2D eigenvalue weighted by Crippen LogP contribution is -2.52. The Bertz CT molecular complexity index is 955. The minimum atomic E-state index is 0.0545. The molecule has 1 unspecified atom stereocenters. The fourth-order valence-electron chi connectivity index (χ4n) is 5.06. The van der Waals surface area contributed by atoms with Crippen molar-refractivity contribution in [3.05, 3.63) is 72.2 Å². The fraction of sp³-hybridized carbons (Fsp3) is 0.391. The minimum absolute atomic E-state index is 0.0545. The van der Waals surface area contributed by atoms with Gasteiger partial charge in [-0.05, 0) is 49.9 Å². The highest BCUT2D eigenvalue weighted by Gasteiger charge is 2.46. The van der Waals surface area contributed by atoms with E-state index < -0.39 is 0 Å². The number of aromatic nitrogens is 2. The van der Waals surface area contributed by atoms with Crippen molar-refractivity contribution < 1.29 is 4.79 Å². The monoisotopic (exact) mass is 374 g/mol. The number of likely N-dealkylation sites (N-methyl/N-ethyl adjacent to an activating group) is 1. The van der Waals surface area contributed by atoms with Crippen molar-refractivity contribution in [2.75, 3.05) is 26.7 Å². The van der Waals surface area contributed by atoms with Gasteiger partial charge < -0.3 is 9.30 Å². The highest BCUT2D eigenvalue weighted by molar-refractivity contribution is 5.93. The first kappa shape index (κ1) is 17.4. The average Bonchev–Trinajstić information content (AvgIpc) is 3.31. The molecular formula is C23H26N4O. The second-order valence-corrected chi connectivity index (χ2v) is 8.30. The van der Waals surface area contributed by atoms with Crippen LogP contribution in [0.15, 0.2) is 60.9 Å². The lowest BCUT2D eigenvalue weighted by atomic mass is 9.81. The summed E-state index contributed by atoms with van der Waals surface area (Å²) in [7, 11) is 2.25. The molecule has 2 aromatic heterocycles. The maximum Gasteiger partial charge on any atom is 0.274 e. The van der Waals surface area contributed by atoms with Crippen LogP contribution in [0.25, 0.3) is 5.65 Å². The van der Waals surface area contributed by atoms with E-state index in [-0.39, 0.29) is 11.4 Å². The Kier molecular flexibility index (Phi) is 4.20. The summed E-state index contributed by atoms with van der Waals surface area (Å²) in [5.41, 5.74) is 3.02. The molecule has 5 nitrogen and oxygen atoms in total. The van der Waals surface area contributed by atoms with E-state index in [2.05, 4.69) is 47.3 Å². The van der Waals surface area contributed by atoms with Crippen LogP contribution in [-0.4, -0.2) is 57.3 Å². The van der Waals surface area contributed by atoms with Gasteiger partial charge in [0.15, 0.2) is 0 Å². The largest absolute Gasteiger partial charge is 0.337 e. The highest BCUT2D eigenvalue weighted by Crippen LogP contribution is 2.44. The van der Waals surface area contributed by atoms with Crippen LogP contribution in [0.2, 0.25) is 0 Å². The molecule has 0 aliphatic carbocycles. The Morgan fingerprint density at radius 3 is 2.57 bits per heavy atom. The van der Waals surface area contributed by atoms with E-state index in [4.69, 9.17) is 0 Å². The second-order valence-electron chi connectivity index (χ2n) is 8.30. The van der Waals surface area contributed by atoms with E-state index in [0.29, 0.717) is 11.6 Å². The molecule has 0 bridgehead atoms. The van der Waals surface area contributed by atoms with Crippen LogP contribution in [0.5, 0.6) is 0 Å². The number of hydrogen-bond donors (Lipinski definition) is 0. The molecule has 5 rings (SSSR count). The van der Waals surface area contributed by atoms with Gasteiger partial charge in [0.1, 0.15) is 11.3 Å². The number of imidazole rings is 1. The lowest BCUT2D eigenvalue weighted by Gasteiger charge is -2.43. The number of hydrogen-bond acceptors (Lipinski definition) is 3. The van der Waals surface area contributed by atoms with Crippen molar-refractivity contribution in [3.63, 3.8) is 0 Å². The summed E-state index contributed by atoms with van der Waals surface area (Å²) in [6, 6.07) is 16.7. The zero-order valence-electron chi connectivity index (χ0n) is 16.3. The summed E-state index contributed by atoms with van der Waals surface area (Å²) in [4.78, 5) is 22.0. The molecule has 0 saturated carbocycles. The maximum absolute atomic E-state index is 13.0. The van der Waals surface area contributed by atoms with Crippen LogP contribution in [0.4, 0.5) is 0 Å². The molecule has 2 saturated heterocycles. The van der Waals surface area contributed by atoms with Crippen molar-refractivity contribution >= 4 is 11.6 Å². The highest BCUT2D eigenvalue weighted by atomic mass is 16.2. The number of carbonyl (C=O) groups is 1. The van der Waals surface area contributed by atoms with Gasteiger partial charge in [0, 0.05) is 37.6 Å². The molecule has 0 radical (unpaired) electrons. The molecule has 2 fully saturated rings. The van der Waals surface area contributed by atoms with Crippen molar-refractivity contribution in [1.29, 1.82) is 0 Å². The van der Waals surface area contributed by atoms with Gasteiger partial charge in [-0.2, -0.15) is 0 Å². The summed E-state index contributed by atoms with van der Waals surface area (Å²) < 4.78 is 1.91. The zero-order valence-corrected chi connectivity index (χ0v) is 16.3. The summed E-state index contributed by atoms with van der Waals surface area (Å²) in [6.07, 6.45) is 7.03. The third-order valence-electron chi connectivity index (χ3n) is 6.77. The number of fused-ring (bicyclic) bond motifs is 1. The zero-order chi connectivity index (χ0) is 19.1. The Labute approximate surface area is 165 Å². The van der Waals surface area contributed by atoms with E-state index in [1.165, 1.54) is 12.0 Å². The smallest absolute Gasteiger partial charge is 0.274 e. The van der Waals surface area contributed by atoms with Gasteiger partial charge in [0.25, 0.3) is 5.91 Å². The number of piperidine rings is 1. The standard InChI is InChI=1S/C23H26N4O/c1-25-16-19(18-7-3-2-4-8-18)15-23(25)10-13-26(14-11-23)22(28)20-17-27-12-6-5-9-21(27)24-20/h2-9,12,17,19H,10-11,13-16H2,1H3. The topological polar surface area (TPSA) is 40.9 Å². The van der Waals surface area contributed by atoms with Gasteiger partial charge in [-0.1, -0.05) is 36.4 Å². The molecule has 1 spiro atoms. The normalized spacial score (nSPS) is 22.2. The summed E-state index contributed by atoms with van der Waals surface area (Å²) >= 11 is 0. The molecule has 144 valence electrons. The third-order valence-corrected chi connectivity index (χ3v) is 6.77. The SMILES string of the molecule is CN1CC(c2ccccc2)CC12CCN(C(=O)c1cn3ccccc3n1)CC2. The van der Waals surface area contributed by atoms with E-state index in [1.807, 2.05) is 39.9 Å². The quantitative estimate of drug-likeness (QED) is 0.690. The van der Waals surface area contributed by atoms with Crippen LogP contribution < -0.4 is 0 Å². The first-order valence-corrected chi connectivity index (χ1v) is 10.1. The molecule has 2 aliphatic rings. The van der Waals surface area contributed by atoms with Crippen molar-refractivity contribution in [2.45, 2.75) is 30.7 Å². The lowest BCUT2D eigenvalue weighted by molar-refractivity contribution is 0.0488. The van der Waals surface area contributed by atoms with E-state index in [9.17, 15) is 4.79 Å². The maximum atomic E-state index is 13.0. The third kappa shape index (κ3) is 2.90. The number of benzene rings is 1. The molecule has 1 atom stereocenters. The van der Waals surface area contributed by atoms with Crippen LogP contribution in [0, 0.1) is 0 Å². The predicted molar refractivity (Wildman–Crippen MR) is 109 cm³/mol. The molecule has 1 amide bonds. The molecule has 4 heterocycles. The number of amides is 1. The molecule has 3 aromatic rings. The van der Waals surface area contributed by atoms with Gasteiger partial charge in [0.05, 0.1) is 0 Å². The molecule has 5 heteroatoms. The van der Waals surface area contributed by atoms with Crippen molar-refractivity contribution in [1.82, 2.24) is 19.2 Å². The summed E-state index contributed by atoms with van der Waals surface area (Å²) in [5, 5.41) is 0. The molecule has 1 aromatic carbocycles. The molecule has 28 heavy (non-hydrogen) atoms. The van der Waals surface area contributed by atoms with Gasteiger partial charge >= 0.3 is 0 Å². The number of rotatable bonds is 2. The molecule has 0 N–H and O–H groups in total. The first-order valence-electron chi connectivity index (χ1n) is 10.1. The summed E-state index contributed by atoms with van der Waals surface area (Å²) in [5.74, 6) is 0.644. The van der Waals surface area contributed by atoms with Crippen LogP contribution in [-0.2, 0) is 0 Å². The van der Waals surface area contributed by atoms with Crippen LogP contribution in [0.3, 0.4) is 0 Å².